The van der Waals surface area contributed by atoms with Crippen LogP contribution in [0.25, 0.3) is 66.5 Å². The summed E-state index contributed by atoms with van der Waals surface area (Å²) in [5.41, 5.74) is 2.11. The Bertz CT molecular complexity index is 5750. The Balaban J connectivity index is 0.000000162. The first-order valence-electron chi connectivity index (χ1n) is 33.9. The van der Waals surface area contributed by atoms with Gasteiger partial charge in [-0.2, -0.15) is 29.3 Å². The van der Waals surface area contributed by atoms with Crippen LogP contribution in [0.1, 0.15) is 133 Å². The molecule has 28 nitrogen and oxygen atoms in total. The number of ketones is 1. The number of carbonyl (C=O) groups is 4. The van der Waals surface area contributed by atoms with Crippen molar-refractivity contribution in [1.82, 2.24) is 74.7 Å². The Morgan fingerprint density at radius 3 is 1.45 bits per heavy atom. The minimum atomic E-state index is -2.62. The van der Waals surface area contributed by atoms with E-state index in [-0.39, 0.29) is 62.2 Å². The molecular weight excluding hydrogens is 1540 g/mol. The van der Waals surface area contributed by atoms with Crippen LogP contribution in [0.15, 0.2) is 145 Å². The molecular formula is C77H70BrF6N15O13. The molecule has 0 saturated heterocycles. The summed E-state index contributed by atoms with van der Waals surface area (Å²) in [5, 5.41) is 31.0. The third kappa shape index (κ3) is 17.8. The van der Waals surface area contributed by atoms with Crippen molar-refractivity contribution in [2.45, 2.75) is 114 Å². The molecule has 9 aromatic heterocycles. The summed E-state index contributed by atoms with van der Waals surface area (Å²) >= 11 is 2.60. The number of halogens is 7. The summed E-state index contributed by atoms with van der Waals surface area (Å²) < 4.78 is 121. The van der Waals surface area contributed by atoms with Gasteiger partial charge in [0.05, 0.1) is 86.0 Å². The Hall–Kier alpha value is -12.9. The predicted molar refractivity (Wildman–Crippen MR) is 396 cm³/mol. The second-order valence-corrected chi connectivity index (χ2v) is 27.2. The number of aromatic nitrogens is 15. The summed E-state index contributed by atoms with van der Waals surface area (Å²) in [7, 11) is 0. The van der Waals surface area contributed by atoms with E-state index in [1.165, 1.54) is 46.2 Å². The monoisotopic (exact) mass is 1610 g/mol. The molecule has 14 aromatic rings. The van der Waals surface area contributed by atoms with Gasteiger partial charge in [-0.15, -0.1) is 0 Å². The van der Waals surface area contributed by atoms with E-state index in [1.54, 1.807) is 133 Å². The molecule has 5 aromatic carbocycles. The van der Waals surface area contributed by atoms with Gasteiger partial charge in [-0.25, -0.2) is 45.7 Å². The lowest BCUT2D eigenvalue weighted by molar-refractivity contribution is 0.0515. The minimum Gasteiger partial charge on any atom is -0.465 e. The smallest absolute Gasteiger partial charge is 0.423 e. The van der Waals surface area contributed by atoms with Crippen LogP contribution in [0.2, 0.25) is 0 Å². The van der Waals surface area contributed by atoms with Gasteiger partial charge in [-0.1, -0.05) is 15.5 Å². The zero-order chi connectivity index (χ0) is 81.4. The normalized spacial score (nSPS) is 11.8. The van der Waals surface area contributed by atoms with Gasteiger partial charge in [0.1, 0.15) is 80.1 Å². The second kappa shape index (κ2) is 33.9. The van der Waals surface area contributed by atoms with Gasteiger partial charge >= 0.3 is 29.9 Å². The zero-order valence-corrected chi connectivity index (χ0v) is 63.9. The van der Waals surface area contributed by atoms with E-state index in [1.807, 2.05) is 19.1 Å². The first-order chi connectivity index (χ1) is 53.1. The van der Waals surface area contributed by atoms with E-state index in [0.717, 1.165) is 11.8 Å². The number of hydrogen-bond donors (Lipinski definition) is 3. The summed E-state index contributed by atoms with van der Waals surface area (Å²) in [6, 6.07) is 15.8. The van der Waals surface area contributed by atoms with Crippen molar-refractivity contribution >= 4 is 73.3 Å². The van der Waals surface area contributed by atoms with Gasteiger partial charge in [0.15, 0.2) is 11.9 Å². The minimum absolute atomic E-state index is 0.0239. The summed E-state index contributed by atoms with van der Waals surface area (Å²) in [5.74, 6) is -5.41. The highest BCUT2D eigenvalue weighted by atomic mass is 79.9. The molecule has 9 heterocycles. The summed E-state index contributed by atoms with van der Waals surface area (Å²) in [6.45, 7) is 25.3. The van der Waals surface area contributed by atoms with Gasteiger partial charge in [-0.05, 0) is 178 Å². The van der Waals surface area contributed by atoms with Crippen molar-refractivity contribution in [1.29, 1.82) is 0 Å². The molecule has 35 heteroatoms. The Kier molecular flexibility index (Phi) is 24.7. The lowest BCUT2D eigenvalue weighted by Gasteiger charge is -2.30. The number of carbonyl (C=O) groups excluding carboxylic acids is 4. The number of benzene rings is 5. The zero-order valence-electron chi connectivity index (χ0n) is 62.3. The van der Waals surface area contributed by atoms with Crippen LogP contribution in [-0.2, 0) is 15.1 Å². The van der Waals surface area contributed by atoms with E-state index in [0.29, 0.717) is 121 Å². The van der Waals surface area contributed by atoms with Crippen LogP contribution < -0.4 is 15.2 Å². The molecule has 0 radical (unpaired) electrons. The number of aldehydes is 1. The maximum atomic E-state index is 15.1. The topological polar surface area (TPSA) is 365 Å². The largest absolute Gasteiger partial charge is 0.465 e. The van der Waals surface area contributed by atoms with Gasteiger partial charge in [-0.3, -0.25) is 24.5 Å². The van der Waals surface area contributed by atoms with Crippen molar-refractivity contribution in [3.05, 3.63) is 240 Å². The molecule has 580 valence electrons. The van der Waals surface area contributed by atoms with Crippen LogP contribution in [0, 0.1) is 76.4 Å². The maximum Gasteiger partial charge on any atom is 0.423 e. The highest BCUT2D eigenvalue weighted by molar-refractivity contribution is 9.10. The number of nitrogens with one attached hydrogen (secondary N) is 2. The molecule has 112 heavy (non-hydrogen) atoms. The van der Waals surface area contributed by atoms with E-state index >= 15 is 8.78 Å². The highest BCUT2D eigenvalue weighted by Gasteiger charge is 2.44. The van der Waals surface area contributed by atoms with Crippen molar-refractivity contribution in [2.75, 3.05) is 13.2 Å². The third-order valence-electron chi connectivity index (χ3n) is 16.1. The molecule has 0 fully saturated rings. The summed E-state index contributed by atoms with van der Waals surface area (Å²) in [4.78, 5) is 93.6. The Morgan fingerprint density at radius 2 is 1.03 bits per heavy atom. The van der Waals surface area contributed by atoms with Crippen molar-refractivity contribution in [3.8, 4) is 45.4 Å². The van der Waals surface area contributed by atoms with Crippen LogP contribution in [-0.4, -0.2) is 128 Å². The van der Waals surface area contributed by atoms with E-state index in [9.17, 15) is 46.6 Å². The highest BCUT2D eigenvalue weighted by Crippen LogP contribution is 2.44. The van der Waals surface area contributed by atoms with Crippen molar-refractivity contribution in [2.24, 2.45) is 0 Å². The number of aliphatic hydroxyl groups is 1. The van der Waals surface area contributed by atoms with Gasteiger partial charge in [0, 0.05) is 89.3 Å². The number of ether oxygens (including phenoxy) is 4. The molecule has 1 unspecified atom stereocenters. The van der Waals surface area contributed by atoms with Gasteiger partial charge in [0.2, 0.25) is 5.78 Å². The molecule has 0 bridgehead atoms. The average molecular weight is 1610 g/mol. The lowest BCUT2D eigenvalue weighted by Crippen LogP contribution is -2.33. The molecule has 0 spiro atoms. The number of fused-ring (bicyclic) bond motifs is 3. The SMILES string of the molecule is CCOc1nc2c(C(=O)c3cnccn3)cc(-c3c(C)noc3C)cc2n1C(=O)OC(C)(C)C.CCOc1nc2c(C=O)cc(-c3c(C)noc3C)cc2n1C(=O)OC(C)(C)C.Cc1noc(C)c1-c1cc(C(O)(c2cnccn2)c2c(F)cc(F)cc2F)c2[nH]c(=O)[nH]c2c1.Fc1cc(F)c(Br)c(F)c1.c1ccnnc1. The number of aromatic amines is 2. The van der Waals surface area contributed by atoms with Gasteiger partial charge in [0.25, 0.3) is 0 Å². The van der Waals surface area contributed by atoms with Crippen molar-refractivity contribution < 1.29 is 83.1 Å². The number of imidazole rings is 3. The molecule has 0 amide bonds. The van der Waals surface area contributed by atoms with E-state index in [4.69, 9.17) is 32.5 Å². The molecule has 1 atom stereocenters. The predicted octanol–water partition coefficient (Wildman–Crippen LogP) is 15.8. The third-order valence-corrected chi connectivity index (χ3v) is 16.8. The van der Waals surface area contributed by atoms with Crippen LogP contribution >= 0.6 is 15.9 Å². The standard InChI is InChI=1S/C24H25N5O5.C23H16F3N5O3.C20H23N3O5.C6H2BrF3.C4H4N2/c1-7-32-22-27-20-16(21(30)17-12-25-8-9-26-17)10-15(19-13(2)28-34-14(19)3)11-18(20)29(22)23(31)33-24(4,5)6;1-10-19(11(2)34-31-10)12-5-14(21-17(6-12)29-22(32)30-21)23(33,18-9-27-3-4-28-18)20-15(25)7-13(24)8-16(20)26;1-7-26-18-21-17-14(10-24)8-13(16-11(2)22-28-12(16)3)9-15(17)23(18)19(25)27-20(4,5)6;7-6-4(9)1-3(8)2-5(6)10;1-2-4-6-5-3-1/h8-12H,7H2,1-6H3;3-9,33H,1-2H3,(H2,29,30,32);8-10H,7H2,1-6H3;1-2H;1-4H. The summed E-state index contributed by atoms with van der Waals surface area (Å²) in [6.07, 6.45) is 10.6. The first kappa shape index (κ1) is 81.6. The van der Waals surface area contributed by atoms with E-state index in [2.05, 4.69) is 81.5 Å². The van der Waals surface area contributed by atoms with Crippen molar-refractivity contribution in [3.63, 3.8) is 0 Å². The first-order valence-corrected chi connectivity index (χ1v) is 34.7. The lowest BCUT2D eigenvalue weighted by atomic mass is 9.81. The van der Waals surface area contributed by atoms with Crippen LogP contribution in [0.3, 0.4) is 0 Å². The molecule has 0 aliphatic rings. The molecule has 0 aliphatic heterocycles. The molecule has 3 N–H and O–H groups in total. The number of rotatable bonds is 13. The fourth-order valence-corrected chi connectivity index (χ4v) is 11.9. The maximum absolute atomic E-state index is 15.1. The number of H-pyrrole nitrogens is 2. The fraction of sp³-hybridized carbons (Fsp3) is 0.247. The second-order valence-electron chi connectivity index (χ2n) is 26.4. The van der Waals surface area contributed by atoms with Crippen LogP contribution in [0.4, 0.5) is 35.9 Å². The number of hydrogen-bond acceptors (Lipinski definition) is 24. The molecule has 0 aliphatic carbocycles. The number of nitrogens with zero attached hydrogens (tertiary/aromatic N) is 13. The molecule has 14 rings (SSSR count). The fourth-order valence-electron chi connectivity index (χ4n) is 11.7. The average Bonchev–Trinajstić information content (AvgIpc) is 1.24. The molecule has 0 saturated carbocycles. The Labute approximate surface area is 640 Å². The number of aryl methyl sites for hydroxylation is 6. The quantitative estimate of drug-likeness (QED) is 0.0317. The van der Waals surface area contributed by atoms with Gasteiger partial charge < -0.3 is 47.6 Å². The Morgan fingerprint density at radius 1 is 0.571 bits per heavy atom. The van der Waals surface area contributed by atoms with E-state index < -0.39 is 80.9 Å². The van der Waals surface area contributed by atoms with Crippen LogP contribution in [0.5, 0.6) is 12.0 Å².